The zero-order valence-electron chi connectivity index (χ0n) is 12.1. The summed E-state index contributed by atoms with van der Waals surface area (Å²) in [5.74, 6) is 2.36. The van der Waals surface area contributed by atoms with Gasteiger partial charge in [0.05, 0.1) is 14.2 Å². The lowest BCUT2D eigenvalue weighted by Crippen LogP contribution is -2.28. The first-order valence-electron chi connectivity index (χ1n) is 6.51. The molecular weight excluding hydrogens is 226 g/mol. The predicted molar refractivity (Wildman–Crippen MR) is 75.6 cm³/mol. The van der Waals surface area contributed by atoms with Crippen molar-refractivity contribution in [1.82, 2.24) is 5.32 Å². The minimum atomic E-state index is 0.520. The number of nitrogens with one attached hydrogen (secondary N) is 1. The molecule has 3 heteroatoms. The van der Waals surface area contributed by atoms with E-state index in [-0.39, 0.29) is 0 Å². The molecule has 0 radical (unpaired) electrons. The summed E-state index contributed by atoms with van der Waals surface area (Å²) in [5, 5.41) is 3.46. The SMILES string of the molecule is COc1cccc(OC)c1CC(C)CNC(C)C. The maximum atomic E-state index is 5.41. The number of benzene rings is 1. The predicted octanol–water partition coefficient (Wildman–Crippen LogP) is 2.88. The topological polar surface area (TPSA) is 30.5 Å². The molecule has 0 amide bonds. The maximum absolute atomic E-state index is 5.41. The summed E-state index contributed by atoms with van der Waals surface area (Å²) in [4.78, 5) is 0. The molecule has 1 N–H and O–H groups in total. The summed E-state index contributed by atoms with van der Waals surface area (Å²) in [6.45, 7) is 7.56. The molecule has 1 atom stereocenters. The van der Waals surface area contributed by atoms with Crippen LogP contribution in [0.25, 0.3) is 0 Å². The minimum Gasteiger partial charge on any atom is -0.496 e. The van der Waals surface area contributed by atoms with Gasteiger partial charge in [-0.3, -0.25) is 0 Å². The van der Waals surface area contributed by atoms with E-state index >= 15 is 0 Å². The van der Waals surface area contributed by atoms with Crippen molar-refractivity contribution in [3.05, 3.63) is 23.8 Å². The average molecular weight is 251 g/mol. The molecule has 1 aromatic rings. The Balaban J connectivity index is 2.75. The second kappa shape index (κ2) is 7.27. The van der Waals surface area contributed by atoms with Crippen molar-refractivity contribution in [3.63, 3.8) is 0 Å². The van der Waals surface area contributed by atoms with Gasteiger partial charge in [0.1, 0.15) is 11.5 Å². The Hall–Kier alpha value is -1.22. The van der Waals surface area contributed by atoms with Gasteiger partial charge >= 0.3 is 0 Å². The summed E-state index contributed by atoms with van der Waals surface area (Å²) in [5.41, 5.74) is 1.15. The number of hydrogen-bond donors (Lipinski definition) is 1. The van der Waals surface area contributed by atoms with Crippen LogP contribution in [-0.2, 0) is 6.42 Å². The molecule has 0 fully saturated rings. The monoisotopic (exact) mass is 251 g/mol. The molecule has 18 heavy (non-hydrogen) atoms. The number of ether oxygens (including phenoxy) is 2. The molecule has 1 aromatic carbocycles. The standard InChI is InChI=1S/C15H25NO2/c1-11(2)16-10-12(3)9-13-14(17-4)7-6-8-15(13)18-5/h6-8,11-12,16H,9-10H2,1-5H3. The van der Waals surface area contributed by atoms with E-state index in [0.717, 1.165) is 30.0 Å². The first-order chi connectivity index (χ1) is 8.58. The zero-order valence-corrected chi connectivity index (χ0v) is 12.1. The molecule has 0 heterocycles. The molecule has 0 aromatic heterocycles. The van der Waals surface area contributed by atoms with Crippen LogP contribution in [0.1, 0.15) is 26.3 Å². The molecule has 0 aliphatic rings. The summed E-state index contributed by atoms with van der Waals surface area (Å²) in [7, 11) is 3.41. The van der Waals surface area contributed by atoms with Crippen LogP contribution in [0.5, 0.6) is 11.5 Å². The van der Waals surface area contributed by atoms with Crippen LogP contribution in [0, 0.1) is 5.92 Å². The molecule has 102 valence electrons. The highest BCUT2D eigenvalue weighted by molar-refractivity contribution is 5.45. The van der Waals surface area contributed by atoms with Crippen molar-refractivity contribution in [2.75, 3.05) is 20.8 Å². The summed E-state index contributed by atoms with van der Waals surface area (Å²) >= 11 is 0. The van der Waals surface area contributed by atoms with Gasteiger partial charge in [-0.25, -0.2) is 0 Å². The Morgan fingerprint density at radius 2 is 1.61 bits per heavy atom. The van der Waals surface area contributed by atoms with Crippen LogP contribution in [-0.4, -0.2) is 26.8 Å². The van der Waals surface area contributed by atoms with E-state index in [0.29, 0.717) is 12.0 Å². The van der Waals surface area contributed by atoms with Gasteiger partial charge in [0.15, 0.2) is 0 Å². The van der Waals surface area contributed by atoms with Gasteiger partial charge in [0, 0.05) is 11.6 Å². The second-order valence-electron chi connectivity index (χ2n) is 5.01. The molecular formula is C15H25NO2. The fraction of sp³-hybridized carbons (Fsp3) is 0.600. The van der Waals surface area contributed by atoms with Gasteiger partial charge in [-0.2, -0.15) is 0 Å². The zero-order chi connectivity index (χ0) is 13.5. The van der Waals surface area contributed by atoms with Gasteiger partial charge in [-0.1, -0.05) is 26.8 Å². The molecule has 1 rings (SSSR count). The number of methoxy groups -OCH3 is 2. The molecule has 0 saturated carbocycles. The maximum Gasteiger partial charge on any atom is 0.125 e. The van der Waals surface area contributed by atoms with Crippen LogP contribution in [0.4, 0.5) is 0 Å². The van der Waals surface area contributed by atoms with E-state index in [1.165, 1.54) is 0 Å². The molecule has 0 saturated heterocycles. The minimum absolute atomic E-state index is 0.520. The van der Waals surface area contributed by atoms with Crippen LogP contribution < -0.4 is 14.8 Å². The van der Waals surface area contributed by atoms with E-state index in [1.54, 1.807) is 14.2 Å². The number of rotatable bonds is 7. The Morgan fingerprint density at radius 3 is 2.06 bits per heavy atom. The fourth-order valence-corrected chi connectivity index (χ4v) is 1.99. The van der Waals surface area contributed by atoms with Crippen molar-refractivity contribution in [3.8, 4) is 11.5 Å². The van der Waals surface area contributed by atoms with Gasteiger partial charge in [-0.15, -0.1) is 0 Å². The van der Waals surface area contributed by atoms with E-state index in [2.05, 4.69) is 26.1 Å². The van der Waals surface area contributed by atoms with E-state index < -0.39 is 0 Å². The lowest BCUT2D eigenvalue weighted by molar-refractivity contribution is 0.376. The van der Waals surface area contributed by atoms with E-state index in [9.17, 15) is 0 Å². The Kier molecular flexibility index (Phi) is 5.99. The van der Waals surface area contributed by atoms with Crippen molar-refractivity contribution in [2.45, 2.75) is 33.2 Å². The summed E-state index contributed by atoms with van der Waals surface area (Å²) < 4.78 is 10.8. The third kappa shape index (κ3) is 4.22. The normalized spacial score (nSPS) is 12.6. The van der Waals surface area contributed by atoms with Crippen LogP contribution in [0.3, 0.4) is 0 Å². The Morgan fingerprint density at radius 1 is 1.06 bits per heavy atom. The molecule has 1 unspecified atom stereocenters. The third-order valence-electron chi connectivity index (χ3n) is 2.96. The molecule has 3 nitrogen and oxygen atoms in total. The first kappa shape index (κ1) is 14.8. The summed E-state index contributed by atoms with van der Waals surface area (Å²) in [6.07, 6.45) is 0.951. The van der Waals surface area contributed by atoms with Gasteiger partial charge in [0.25, 0.3) is 0 Å². The molecule has 0 aliphatic heterocycles. The lowest BCUT2D eigenvalue weighted by atomic mass is 9.99. The number of hydrogen-bond acceptors (Lipinski definition) is 3. The molecule has 0 aliphatic carbocycles. The van der Waals surface area contributed by atoms with Crippen molar-refractivity contribution < 1.29 is 9.47 Å². The molecule has 0 spiro atoms. The van der Waals surface area contributed by atoms with Crippen molar-refractivity contribution >= 4 is 0 Å². The molecule has 0 bridgehead atoms. The largest absolute Gasteiger partial charge is 0.496 e. The van der Waals surface area contributed by atoms with Gasteiger partial charge in [-0.05, 0) is 31.0 Å². The van der Waals surface area contributed by atoms with Crippen molar-refractivity contribution in [2.24, 2.45) is 5.92 Å². The summed E-state index contributed by atoms with van der Waals surface area (Å²) in [6, 6.07) is 6.45. The fourth-order valence-electron chi connectivity index (χ4n) is 1.99. The van der Waals surface area contributed by atoms with Crippen LogP contribution in [0.15, 0.2) is 18.2 Å². The second-order valence-corrected chi connectivity index (χ2v) is 5.01. The van der Waals surface area contributed by atoms with Gasteiger partial charge < -0.3 is 14.8 Å². The lowest BCUT2D eigenvalue weighted by Gasteiger charge is -2.18. The smallest absolute Gasteiger partial charge is 0.125 e. The average Bonchev–Trinajstić information content (AvgIpc) is 2.36. The van der Waals surface area contributed by atoms with Gasteiger partial charge in [0.2, 0.25) is 0 Å². The Labute approximate surface area is 110 Å². The van der Waals surface area contributed by atoms with E-state index in [1.807, 2.05) is 18.2 Å². The highest BCUT2D eigenvalue weighted by Crippen LogP contribution is 2.30. The highest BCUT2D eigenvalue weighted by atomic mass is 16.5. The van der Waals surface area contributed by atoms with Crippen molar-refractivity contribution in [1.29, 1.82) is 0 Å². The van der Waals surface area contributed by atoms with Crippen LogP contribution >= 0.6 is 0 Å². The highest BCUT2D eigenvalue weighted by Gasteiger charge is 2.13. The first-order valence-corrected chi connectivity index (χ1v) is 6.51. The van der Waals surface area contributed by atoms with Crippen LogP contribution in [0.2, 0.25) is 0 Å². The quantitative estimate of drug-likeness (QED) is 0.808. The van der Waals surface area contributed by atoms with E-state index in [4.69, 9.17) is 9.47 Å². The Bertz CT molecular complexity index is 341. The third-order valence-corrected chi connectivity index (χ3v) is 2.96.